The predicted molar refractivity (Wildman–Crippen MR) is 86.4 cm³/mol. The Morgan fingerprint density at radius 3 is 1.45 bits per heavy atom. The van der Waals surface area contributed by atoms with Gasteiger partial charge in [-0.05, 0) is 6.42 Å². The van der Waals surface area contributed by atoms with Crippen LogP contribution >= 0.6 is 0 Å². The van der Waals surface area contributed by atoms with E-state index < -0.39 is 0 Å². The average Bonchev–Trinajstić information content (AvgIpc) is 2.72. The number of rotatable bonds is 1. The van der Waals surface area contributed by atoms with Crippen LogP contribution in [0.3, 0.4) is 0 Å². The molecule has 2 fully saturated rings. The van der Waals surface area contributed by atoms with Gasteiger partial charge in [0, 0.05) is 78.0 Å². The molecule has 2 saturated heterocycles. The van der Waals surface area contributed by atoms with Gasteiger partial charge in [0.25, 0.3) is 0 Å². The van der Waals surface area contributed by atoms with Gasteiger partial charge in [-0.2, -0.15) is 0 Å². The highest BCUT2D eigenvalue weighted by atomic mass is 15.0. The van der Waals surface area contributed by atoms with Crippen molar-refractivity contribution in [3.63, 3.8) is 0 Å². The van der Waals surface area contributed by atoms with Gasteiger partial charge in [0.1, 0.15) is 0 Å². The van der Waals surface area contributed by atoms with Gasteiger partial charge in [-0.25, -0.2) is 0 Å². The Hall–Kier alpha value is -0.240. The first kappa shape index (κ1) is 17.8. The van der Waals surface area contributed by atoms with Crippen molar-refractivity contribution in [2.24, 2.45) is 0 Å². The zero-order valence-corrected chi connectivity index (χ0v) is 13.1. The van der Waals surface area contributed by atoms with Gasteiger partial charge in [0.2, 0.25) is 0 Å². The average molecular weight is 286 g/mol. The van der Waals surface area contributed by atoms with Crippen molar-refractivity contribution in [1.82, 2.24) is 31.9 Å². The Balaban J connectivity index is 0.000000204. The summed E-state index contributed by atoms with van der Waals surface area (Å²) in [6.07, 6.45) is 1.22. The Bertz CT molecular complexity index is 164. The van der Waals surface area contributed by atoms with Crippen LogP contribution in [0.15, 0.2) is 0 Å². The van der Waals surface area contributed by atoms with Gasteiger partial charge in [0.15, 0.2) is 0 Å². The molecule has 0 spiro atoms. The third kappa shape index (κ3) is 10.5. The maximum atomic E-state index is 3.49. The number of hydrogen-bond donors (Lipinski definition) is 6. The van der Waals surface area contributed by atoms with Crippen molar-refractivity contribution in [1.29, 1.82) is 0 Å². The lowest BCUT2D eigenvalue weighted by Crippen LogP contribution is -2.38. The highest BCUT2D eigenvalue weighted by Crippen LogP contribution is 1.88. The van der Waals surface area contributed by atoms with Crippen LogP contribution in [0.25, 0.3) is 0 Å². The normalized spacial score (nSPS) is 26.6. The van der Waals surface area contributed by atoms with Crippen LogP contribution in [0.4, 0.5) is 0 Å². The molecule has 0 bridgehead atoms. The molecule has 0 radical (unpaired) electrons. The molecule has 0 saturated carbocycles. The minimum absolute atomic E-state index is 0.662. The highest BCUT2D eigenvalue weighted by Gasteiger charge is 2.05. The largest absolute Gasteiger partial charge is 0.314 e. The summed E-state index contributed by atoms with van der Waals surface area (Å²) in [6.45, 7) is 14.3. The van der Waals surface area contributed by atoms with Gasteiger partial charge in [-0.15, -0.1) is 0 Å². The van der Waals surface area contributed by atoms with E-state index >= 15 is 0 Å². The van der Waals surface area contributed by atoms with E-state index in [1.165, 1.54) is 6.42 Å². The first-order valence-corrected chi connectivity index (χ1v) is 8.20. The smallest absolute Gasteiger partial charge is 0.0190 e. The van der Waals surface area contributed by atoms with E-state index in [0.717, 1.165) is 72.0 Å². The fraction of sp³-hybridized carbons (Fsp3) is 1.00. The van der Waals surface area contributed by atoms with Crippen LogP contribution in [-0.4, -0.2) is 78.0 Å². The van der Waals surface area contributed by atoms with E-state index in [0.29, 0.717) is 6.04 Å². The zero-order valence-electron chi connectivity index (χ0n) is 13.1. The lowest BCUT2D eigenvalue weighted by molar-refractivity contribution is 0.482. The molecule has 120 valence electrons. The van der Waals surface area contributed by atoms with Crippen molar-refractivity contribution in [2.45, 2.75) is 19.4 Å². The third-order valence-electron chi connectivity index (χ3n) is 3.53. The SMILES string of the molecule is C1CNCCNCCN1.CCC1CNCCNCCN1. The predicted octanol–water partition coefficient (Wildman–Crippen LogP) is -1.68. The van der Waals surface area contributed by atoms with Gasteiger partial charge in [-0.1, -0.05) is 6.92 Å². The van der Waals surface area contributed by atoms with Crippen molar-refractivity contribution < 1.29 is 0 Å². The van der Waals surface area contributed by atoms with Crippen molar-refractivity contribution in [3.8, 4) is 0 Å². The van der Waals surface area contributed by atoms with Crippen molar-refractivity contribution in [3.05, 3.63) is 0 Å². The number of nitrogens with one attached hydrogen (secondary N) is 6. The summed E-state index contributed by atoms with van der Waals surface area (Å²) in [4.78, 5) is 0. The van der Waals surface area contributed by atoms with Crippen LogP contribution < -0.4 is 31.9 Å². The fourth-order valence-corrected chi connectivity index (χ4v) is 2.21. The molecule has 6 heteroatoms. The van der Waals surface area contributed by atoms with Gasteiger partial charge < -0.3 is 31.9 Å². The Kier molecular flexibility index (Phi) is 12.2. The second-order valence-electron chi connectivity index (χ2n) is 5.26. The van der Waals surface area contributed by atoms with Gasteiger partial charge in [-0.3, -0.25) is 0 Å². The molecule has 0 aromatic heterocycles. The van der Waals surface area contributed by atoms with Crippen molar-refractivity contribution in [2.75, 3.05) is 72.0 Å². The molecular formula is C14H34N6. The van der Waals surface area contributed by atoms with Crippen LogP contribution in [0, 0.1) is 0 Å². The van der Waals surface area contributed by atoms with Crippen molar-refractivity contribution >= 4 is 0 Å². The molecule has 0 aromatic rings. The lowest BCUT2D eigenvalue weighted by atomic mass is 10.2. The summed E-state index contributed by atoms with van der Waals surface area (Å²) in [6, 6.07) is 0.662. The molecule has 20 heavy (non-hydrogen) atoms. The van der Waals surface area contributed by atoms with Gasteiger partial charge >= 0.3 is 0 Å². The first-order valence-electron chi connectivity index (χ1n) is 8.20. The molecule has 6 nitrogen and oxygen atoms in total. The topological polar surface area (TPSA) is 72.2 Å². The molecule has 1 atom stereocenters. The van der Waals surface area contributed by atoms with Crippen LogP contribution in [-0.2, 0) is 0 Å². The van der Waals surface area contributed by atoms with Crippen LogP contribution in [0.2, 0.25) is 0 Å². The van der Waals surface area contributed by atoms with E-state index in [1.54, 1.807) is 0 Å². The molecule has 1 unspecified atom stereocenters. The zero-order chi connectivity index (χ0) is 14.3. The Morgan fingerprint density at radius 1 is 0.600 bits per heavy atom. The molecule has 2 aliphatic rings. The number of hydrogen-bond acceptors (Lipinski definition) is 6. The molecule has 0 aliphatic carbocycles. The summed E-state index contributed by atoms with van der Waals surface area (Å²) >= 11 is 0. The molecule has 2 heterocycles. The van der Waals surface area contributed by atoms with Gasteiger partial charge in [0.05, 0.1) is 0 Å². The maximum absolute atomic E-state index is 3.49. The lowest BCUT2D eigenvalue weighted by Gasteiger charge is -2.15. The van der Waals surface area contributed by atoms with E-state index in [1.807, 2.05) is 0 Å². The molecule has 2 aliphatic heterocycles. The highest BCUT2D eigenvalue weighted by molar-refractivity contribution is 4.70. The Morgan fingerprint density at radius 2 is 1.00 bits per heavy atom. The monoisotopic (exact) mass is 286 g/mol. The Labute approximate surface area is 124 Å². The molecule has 6 N–H and O–H groups in total. The quantitative estimate of drug-likeness (QED) is 0.346. The van der Waals surface area contributed by atoms with E-state index in [4.69, 9.17) is 0 Å². The van der Waals surface area contributed by atoms with Crippen LogP contribution in [0.5, 0.6) is 0 Å². The fourth-order valence-electron chi connectivity index (χ4n) is 2.21. The standard InChI is InChI=1S/C8H19N3.C6H15N3/c1-2-8-7-10-4-3-9-5-6-11-8;1-2-8-5-6-9-4-3-7-1/h8-11H,2-7H2,1H3;7-9H,1-6H2. The van der Waals surface area contributed by atoms with E-state index in [9.17, 15) is 0 Å². The minimum Gasteiger partial charge on any atom is -0.314 e. The van der Waals surface area contributed by atoms with E-state index in [-0.39, 0.29) is 0 Å². The summed E-state index contributed by atoms with van der Waals surface area (Å²) < 4.78 is 0. The summed E-state index contributed by atoms with van der Waals surface area (Å²) in [5.41, 5.74) is 0. The molecule has 0 amide bonds. The third-order valence-corrected chi connectivity index (χ3v) is 3.53. The second-order valence-corrected chi connectivity index (χ2v) is 5.26. The molecule has 0 aromatic carbocycles. The van der Waals surface area contributed by atoms with Crippen LogP contribution in [0.1, 0.15) is 13.3 Å². The summed E-state index contributed by atoms with van der Waals surface area (Å²) in [5, 5.41) is 20.1. The minimum atomic E-state index is 0.662. The summed E-state index contributed by atoms with van der Waals surface area (Å²) in [7, 11) is 0. The summed E-state index contributed by atoms with van der Waals surface area (Å²) in [5.74, 6) is 0. The maximum Gasteiger partial charge on any atom is 0.0190 e. The first-order chi connectivity index (χ1) is 9.93. The van der Waals surface area contributed by atoms with E-state index in [2.05, 4.69) is 38.8 Å². The molecule has 2 rings (SSSR count). The molecular weight excluding hydrogens is 252 g/mol. The second kappa shape index (κ2) is 13.7.